The van der Waals surface area contributed by atoms with Crippen LogP contribution in [0.2, 0.25) is 0 Å². The molecule has 0 atom stereocenters. The monoisotopic (exact) mass is 277 g/mol. The largest absolute Gasteiger partial charge is 0.0587 e. The van der Waals surface area contributed by atoms with Gasteiger partial charge in [0.15, 0.2) is 0 Å². The molecule has 0 amide bonds. The minimum Gasteiger partial charge on any atom is -0.0587 e. The van der Waals surface area contributed by atoms with Crippen molar-refractivity contribution in [2.75, 3.05) is 0 Å². The lowest BCUT2D eigenvalue weighted by molar-refractivity contribution is 0.772. The predicted octanol–water partition coefficient (Wildman–Crippen LogP) is 6.37. The number of rotatable bonds is 5. The van der Waals surface area contributed by atoms with E-state index in [1.165, 1.54) is 28.6 Å². The molecule has 104 valence electrons. The lowest BCUT2D eigenvalue weighted by atomic mass is 9.89. The molecule has 0 aromatic heterocycles. The van der Waals surface area contributed by atoms with E-state index in [-0.39, 0.29) is 0 Å². The molecule has 1 aromatic carbocycles. The number of hydrogen-bond acceptors (Lipinski definition) is 2. The predicted molar refractivity (Wildman–Crippen MR) is 83.7 cm³/mol. The molecule has 0 heterocycles. The third kappa shape index (κ3) is 3.92. The molecule has 0 unspecified atom stereocenters. The van der Waals surface area contributed by atoms with Crippen molar-refractivity contribution in [3.63, 3.8) is 0 Å². The molecule has 0 spiro atoms. The molecule has 0 bridgehead atoms. The van der Waals surface area contributed by atoms with Crippen LogP contribution in [0.5, 0.6) is 0 Å². The van der Waals surface area contributed by atoms with Gasteiger partial charge < -0.3 is 0 Å². The average molecular weight is 277 g/mol. The minimum atomic E-state index is 0.424. The average Bonchev–Trinajstić information content (AvgIpc) is 2.34. The van der Waals surface area contributed by atoms with Gasteiger partial charge in [0.2, 0.25) is 0 Å². The molecule has 0 N–H and O–H groups in total. The van der Waals surface area contributed by atoms with Gasteiger partial charge in [-0.1, -0.05) is 53.7 Å². The summed E-state index contributed by atoms with van der Waals surface area (Å²) in [7, 11) is 0. The maximum Gasteiger partial charge on any atom is 0.0215 e. The molecule has 0 radical (unpaired) electrons. The summed E-state index contributed by atoms with van der Waals surface area (Å²) in [6.07, 6.45) is 0. The van der Waals surface area contributed by atoms with Gasteiger partial charge in [-0.25, -0.2) is 0 Å². The van der Waals surface area contributed by atoms with Crippen LogP contribution in [0.15, 0.2) is 21.5 Å². The molecule has 0 saturated carbocycles. The van der Waals surface area contributed by atoms with E-state index in [2.05, 4.69) is 63.1 Å². The van der Waals surface area contributed by atoms with Crippen molar-refractivity contribution in [3.05, 3.63) is 39.3 Å². The molecular formula is C15H23N3S. The summed E-state index contributed by atoms with van der Waals surface area (Å²) in [5.41, 5.74) is 12.5. The van der Waals surface area contributed by atoms with Gasteiger partial charge in [-0.15, -0.1) is 0 Å². The van der Waals surface area contributed by atoms with E-state index in [1.54, 1.807) is 0 Å². The SMILES string of the molecule is CC(C)c1cc(C(C)C)c(SN=[N+]=[N-])c(C(C)C)c1. The summed E-state index contributed by atoms with van der Waals surface area (Å²) in [6.45, 7) is 13.2. The quantitative estimate of drug-likeness (QED) is 0.267. The second kappa shape index (κ2) is 6.88. The first-order valence-corrected chi connectivity index (χ1v) is 7.54. The molecule has 0 saturated heterocycles. The van der Waals surface area contributed by atoms with E-state index in [4.69, 9.17) is 5.53 Å². The Bertz CT molecular complexity index is 457. The Morgan fingerprint density at radius 1 is 0.947 bits per heavy atom. The minimum absolute atomic E-state index is 0.424. The van der Waals surface area contributed by atoms with Crippen molar-refractivity contribution in [2.24, 2.45) is 4.52 Å². The molecule has 0 aliphatic carbocycles. The molecule has 0 fully saturated rings. The van der Waals surface area contributed by atoms with Crippen LogP contribution in [-0.4, -0.2) is 0 Å². The van der Waals surface area contributed by atoms with E-state index >= 15 is 0 Å². The van der Waals surface area contributed by atoms with Gasteiger partial charge in [0.1, 0.15) is 0 Å². The normalized spacial score (nSPS) is 11.2. The van der Waals surface area contributed by atoms with Gasteiger partial charge >= 0.3 is 0 Å². The second-order valence-electron chi connectivity index (χ2n) is 5.75. The highest BCUT2D eigenvalue weighted by molar-refractivity contribution is 7.98. The van der Waals surface area contributed by atoms with Crippen LogP contribution < -0.4 is 0 Å². The molecule has 1 rings (SSSR count). The van der Waals surface area contributed by atoms with Gasteiger partial charge in [0, 0.05) is 9.81 Å². The molecule has 0 aliphatic heterocycles. The number of nitrogens with zero attached hydrogens (tertiary/aromatic N) is 3. The van der Waals surface area contributed by atoms with Crippen LogP contribution >= 0.6 is 11.9 Å². The van der Waals surface area contributed by atoms with Crippen molar-refractivity contribution >= 4 is 11.9 Å². The van der Waals surface area contributed by atoms with Gasteiger partial charge in [-0.05, 0) is 56.4 Å². The van der Waals surface area contributed by atoms with Gasteiger partial charge in [-0.3, -0.25) is 0 Å². The van der Waals surface area contributed by atoms with Crippen LogP contribution in [0, 0.1) is 0 Å². The first kappa shape index (κ1) is 15.9. The summed E-state index contributed by atoms with van der Waals surface area (Å²) < 4.78 is 3.70. The Labute approximate surface area is 120 Å². The van der Waals surface area contributed by atoms with Crippen molar-refractivity contribution in [2.45, 2.75) is 64.2 Å². The maximum atomic E-state index is 8.57. The summed E-state index contributed by atoms with van der Waals surface area (Å²) in [6, 6.07) is 4.52. The lowest BCUT2D eigenvalue weighted by Crippen LogP contribution is -2.02. The van der Waals surface area contributed by atoms with Crippen molar-refractivity contribution < 1.29 is 0 Å². The van der Waals surface area contributed by atoms with E-state index in [0.717, 1.165) is 4.90 Å². The summed E-state index contributed by atoms with van der Waals surface area (Å²) in [5.74, 6) is 1.36. The van der Waals surface area contributed by atoms with Crippen molar-refractivity contribution in [1.29, 1.82) is 0 Å². The van der Waals surface area contributed by atoms with Crippen molar-refractivity contribution in [1.82, 2.24) is 0 Å². The van der Waals surface area contributed by atoms with E-state index in [1.807, 2.05) is 0 Å². The third-order valence-electron chi connectivity index (χ3n) is 3.25. The topological polar surface area (TPSA) is 48.8 Å². The van der Waals surface area contributed by atoms with Gasteiger partial charge in [-0.2, -0.15) is 0 Å². The zero-order valence-corrected chi connectivity index (χ0v) is 13.5. The highest BCUT2D eigenvalue weighted by Crippen LogP contribution is 2.38. The maximum absolute atomic E-state index is 8.57. The fourth-order valence-corrected chi connectivity index (χ4v) is 2.97. The summed E-state index contributed by atoms with van der Waals surface area (Å²) in [5, 5.41) is 0. The molecule has 0 aliphatic rings. The first-order valence-electron chi connectivity index (χ1n) is 6.77. The molecule has 3 nitrogen and oxygen atoms in total. The van der Waals surface area contributed by atoms with Crippen LogP contribution in [0.3, 0.4) is 0 Å². The zero-order valence-electron chi connectivity index (χ0n) is 12.6. The third-order valence-corrected chi connectivity index (χ3v) is 4.06. The van der Waals surface area contributed by atoms with Crippen LogP contribution in [-0.2, 0) is 0 Å². The first-order chi connectivity index (χ1) is 8.88. The van der Waals surface area contributed by atoms with Crippen LogP contribution in [0.1, 0.15) is 76.0 Å². The smallest absolute Gasteiger partial charge is 0.0215 e. The Kier molecular flexibility index (Phi) is 5.77. The second-order valence-corrected chi connectivity index (χ2v) is 6.51. The van der Waals surface area contributed by atoms with Gasteiger partial charge in [0.25, 0.3) is 0 Å². The van der Waals surface area contributed by atoms with Gasteiger partial charge in [0.05, 0.1) is 0 Å². The fraction of sp³-hybridized carbons (Fsp3) is 0.600. The standard InChI is InChI=1S/C15H23N3S/c1-9(2)12-7-13(10(3)4)15(19-18-17-16)14(8-12)11(5)6/h7-11H,1-6H3. The highest BCUT2D eigenvalue weighted by Gasteiger charge is 2.17. The number of azide groups is 1. The van der Waals surface area contributed by atoms with E-state index in [0.29, 0.717) is 17.8 Å². The Morgan fingerprint density at radius 2 is 1.42 bits per heavy atom. The molecule has 4 heteroatoms. The highest BCUT2D eigenvalue weighted by atomic mass is 32.2. The Balaban J connectivity index is 3.50. The molecule has 1 aromatic rings. The molecule has 19 heavy (non-hydrogen) atoms. The zero-order chi connectivity index (χ0) is 14.6. The van der Waals surface area contributed by atoms with E-state index in [9.17, 15) is 0 Å². The number of hydrogen-bond donors (Lipinski definition) is 0. The Hall–Kier alpha value is -1.12. The Morgan fingerprint density at radius 3 is 1.74 bits per heavy atom. The van der Waals surface area contributed by atoms with Crippen LogP contribution in [0.25, 0.3) is 10.4 Å². The number of benzene rings is 1. The lowest BCUT2D eigenvalue weighted by Gasteiger charge is -2.21. The fourth-order valence-electron chi connectivity index (χ4n) is 2.05. The van der Waals surface area contributed by atoms with Crippen LogP contribution in [0.4, 0.5) is 0 Å². The summed E-state index contributed by atoms with van der Waals surface area (Å²) in [4.78, 5) is 4.01. The van der Waals surface area contributed by atoms with E-state index < -0.39 is 0 Å². The molecular weight excluding hydrogens is 254 g/mol. The summed E-state index contributed by atoms with van der Waals surface area (Å²) >= 11 is 1.26. The van der Waals surface area contributed by atoms with Crippen molar-refractivity contribution in [3.8, 4) is 0 Å².